The first-order valence-electron chi connectivity index (χ1n) is 7.09. The van der Waals surface area contributed by atoms with Crippen LogP contribution in [0.2, 0.25) is 0 Å². The predicted octanol–water partition coefficient (Wildman–Crippen LogP) is 3.64. The van der Waals surface area contributed by atoms with Crippen molar-refractivity contribution in [3.63, 3.8) is 0 Å². The average molecular weight is 257 g/mol. The van der Waals surface area contributed by atoms with Crippen LogP contribution in [-0.2, 0) is 0 Å². The summed E-state index contributed by atoms with van der Waals surface area (Å²) in [5.74, 6) is 1.62. The van der Waals surface area contributed by atoms with Crippen LogP contribution in [0.3, 0.4) is 0 Å². The quantitative estimate of drug-likeness (QED) is 0.795. The molecule has 0 saturated carbocycles. The number of nitrogens with one attached hydrogen (secondary N) is 2. The van der Waals surface area contributed by atoms with Crippen LogP contribution in [0.1, 0.15) is 50.0 Å². The van der Waals surface area contributed by atoms with E-state index in [0.29, 0.717) is 12.0 Å². The number of hydrogen-bond donors (Lipinski definition) is 2. The summed E-state index contributed by atoms with van der Waals surface area (Å²) in [6.07, 6.45) is 5.88. The molecule has 0 aliphatic heterocycles. The Morgan fingerprint density at radius 3 is 2.68 bits per heavy atom. The second-order valence-corrected chi connectivity index (χ2v) is 4.99. The molecule has 19 heavy (non-hydrogen) atoms. The zero-order valence-corrected chi connectivity index (χ0v) is 11.8. The standard InChI is InChI=1S/C16H23N3/c1-3-15(16-18-11-12-19-16)17-10-9-13(2)14-7-5-4-6-8-14/h4-8,11-13,15,17H,3,9-10H2,1-2H3,(H,18,19). The SMILES string of the molecule is CCC(NCCC(C)c1ccccc1)c1ncc[nH]1. The Morgan fingerprint density at radius 1 is 1.26 bits per heavy atom. The van der Waals surface area contributed by atoms with Crippen LogP contribution in [0, 0.1) is 0 Å². The molecule has 0 spiro atoms. The normalized spacial score (nSPS) is 14.2. The fourth-order valence-corrected chi connectivity index (χ4v) is 2.32. The van der Waals surface area contributed by atoms with Gasteiger partial charge in [0, 0.05) is 12.4 Å². The molecule has 0 saturated heterocycles. The fourth-order valence-electron chi connectivity index (χ4n) is 2.32. The lowest BCUT2D eigenvalue weighted by Gasteiger charge is -2.17. The Bertz CT molecular complexity index is 450. The Labute approximate surface area is 115 Å². The summed E-state index contributed by atoms with van der Waals surface area (Å²) in [6, 6.07) is 11.0. The predicted molar refractivity (Wildman–Crippen MR) is 79.1 cm³/mol. The van der Waals surface area contributed by atoms with Gasteiger partial charge in [-0.3, -0.25) is 0 Å². The summed E-state index contributed by atoms with van der Waals surface area (Å²) in [5.41, 5.74) is 1.41. The van der Waals surface area contributed by atoms with Crippen molar-refractivity contribution in [3.8, 4) is 0 Å². The highest BCUT2D eigenvalue weighted by atomic mass is 15.0. The maximum atomic E-state index is 4.33. The van der Waals surface area contributed by atoms with E-state index in [9.17, 15) is 0 Å². The molecule has 2 N–H and O–H groups in total. The number of imidazole rings is 1. The van der Waals surface area contributed by atoms with Gasteiger partial charge >= 0.3 is 0 Å². The van der Waals surface area contributed by atoms with Crippen molar-refractivity contribution in [1.29, 1.82) is 0 Å². The van der Waals surface area contributed by atoms with E-state index < -0.39 is 0 Å². The smallest absolute Gasteiger partial charge is 0.123 e. The molecule has 0 radical (unpaired) electrons. The van der Waals surface area contributed by atoms with Crippen LogP contribution in [0.25, 0.3) is 0 Å². The van der Waals surface area contributed by atoms with Crippen molar-refractivity contribution in [2.24, 2.45) is 0 Å². The minimum atomic E-state index is 0.331. The molecule has 0 amide bonds. The van der Waals surface area contributed by atoms with Crippen molar-refractivity contribution >= 4 is 0 Å². The number of benzene rings is 1. The average Bonchev–Trinajstić information content (AvgIpc) is 2.98. The molecule has 3 nitrogen and oxygen atoms in total. The van der Waals surface area contributed by atoms with E-state index in [1.54, 1.807) is 0 Å². The Hall–Kier alpha value is -1.61. The lowest BCUT2D eigenvalue weighted by atomic mass is 9.98. The minimum absolute atomic E-state index is 0.331. The Kier molecular flexibility index (Phi) is 5.16. The van der Waals surface area contributed by atoms with Crippen LogP contribution >= 0.6 is 0 Å². The summed E-state index contributed by atoms with van der Waals surface area (Å²) in [7, 11) is 0. The third kappa shape index (κ3) is 3.93. The third-order valence-electron chi connectivity index (χ3n) is 3.59. The van der Waals surface area contributed by atoms with E-state index in [2.05, 4.69) is 59.5 Å². The first-order valence-corrected chi connectivity index (χ1v) is 7.09. The molecular weight excluding hydrogens is 234 g/mol. The lowest BCUT2D eigenvalue weighted by Crippen LogP contribution is -2.23. The molecule has 2 atom stereocenters. The molecule has 2 unspecified atom stereocenters. The highest BCUT2D eigenvalue weighted by Gasteiger charge is 2.11. The van der Waals surface area contributed by atoms with Gasteiger partial charge in [0.15, 0.2) is 0 Å². The fraction of sp³-hybridized carbons (Fsp3) is 0.438. The van der Waals surface area contributed by atoms with Gasteiger partial charge < -0.3 is 10.3 Å². The molecular formula is C16H23N3. The van der Waals surface area contributed by atoms with Crippen LogP contribution in [-0.4, -0.2) is 16.5 Å². The van der Waals surface area contributed by atoms with E-state index >= 15 is 0 Å². The number of aromatic amines is 1. The summed E-state index contributed by atoms with van der Waals surface area (Å²) in [6.45, 7) is 5.47. The third-order valence-corrected chi connectivity index (χ3v) is 3.59. The van der Waals surface area contributed by atoms with Crippen molar-refractivity contribution < 1.29 is 0 Å². The molecule has 0 fully saturated rings. The number of nitrogens with zero attached hydrogens (tertiary/aromatic N) is 1. The zero-order chi connectivity index (χ0) is 13.5. The monoisotopic (exact) mass is 257 g/mol. The maximum absolute atomic E-state index is 4.33. The van der Waals surface area contributed by atoms with Crippen LogP contribution in [0.5, 0.6) is 0 Å². The first-order chi connectivity index (χ1) is 9.31. The molecule has 102 valence electrons. The second kappa shape index (κ2) is 7.10. The maximum Gasteiger partial charge on any atom is 0.123 e. The molecule has 1 aromatic carbocycles. The summed E-state index contributed by atoms with van der Waals surface area (Å²) in [4.78, 5) is 7.51. The minimum Gasteiger partial charge on any atom is -0.347 e. The van der Waals surface area contributed by atoms with E-state index in [1.807, 2.05) is 12.4 Å². The van der Waals surface area contributed by atoms with Crippen LogP contribution in [0.4, 0.5) is 0 Å². The van der Waals surface area contributed by atoms with Gasteiger partial charge in [0.1, 0.15) is 5.82 Å². The first kappa shape index (κ1) is 13.8. The van der Waals surface area contributed by atoms with Crippen LogP contribution in [0.15, 0.2) is 42.7 Å². The number of aromatic nitrogens is 2. The van der Waals surface area contributed by atoms with Gasteiger partial charge in [-0.05, 0) is 30.9 Å². The van der Waals surface area contributed by atoms with E-state index in [1.165, 1.54) is 5.56 Å². The summed E-state index contributed by atoms with van der Waals surface area (Å²) >= 11 is 0. The van der Waals surface area contributed by atoms with Gasteiger partial charge in [-0.1, -0.05) is 44.2 Å². The number of rotatable bonds is 7. The highest BCUT2D eigenvalue weighted by molar-refractivity contribution is 5.18. The van der Waals surface area contributed by atoms with Crippen molar-refractivity contribution in [2.45, 2.75) is 38.6 Å². The Morgan fingerprint density at radius 2 is 2.05 bits per heavy atom. The molecule has 1 heterocycles. The van der Waals surface area contributed by atoms with Gasteiger partial charge in [0.2, 0.25) is 0 Å². The van der Waals surface area contributed by atoms with Gasteiger partial charge in [-0.25, -0.2) is 4.98 Å². The molecule has 2 aromatic rings. The van der Waals surface area contributed by atoms with E-state index in [0.717, 1.165) is 25.2 Å². The number of H-pyrrole nitrogens is 1. The summed E-state index contributed by atoms with van der Waals surface area (Å²) in [5, 5.41) is 3.58. The Balaban J connectivity index is 1.80. The number of hydrogen-bond acceptors (Lipinski definition) is 2. The van der Waals surface area contributed by atoms with Crippen molar-refractivity contribution in [3.05, 3.63) is 54.1 Å². The van der Waals surface area contributed by atoms with Gasteiger partial charge in [-0.2, -0.15) is 0 Å². The molecule has 0 bridgehead atoms. The molecule has 0 aliphatic carbocycles. The molecule has 0 aliphatic rings. The van der Waals surface area contributed by atoms with Gasteiger partial charge in [0.25, 0.3) is 0 Å². The van der Waals surface area contributed by atoms with Crippen molar-refractivity contribution in [2.75, 3.05) is 6.54 Å². The molecule has 2 rings (SSSR count). The lowest BCUT2D eigenvalue weighted by molar-refractivity contribution is 0.477. The van der Waals surface area contributed by atoms with E-state index in [4.69, 9.17) is 0 Å². The van der Waals surface area contributed by atoms with Gasteiger partial charge in [-0.15, -0.1) is 0 Å². The largest absolute Gasteiger partial charge is 0.347 e. The van der Waals surface area contributed by atoms with E-state index in [-0.39, 0.29) is 0 Å². The molecule has 1 aromatic heterocycles. The molecule has 3 heteroatoms. The van der Waals surface area contributed by atoms with Gasteiger partial charge in [0.05, 0.1) is 6.04 Å². The van der Waals surface area contributed by atoms with Crippen LogP contribution < -0.4 is 5.32 Å². The zero-order valence-electron chi connectivity index (χ0n) is 11.8. The second-order valence-electron chi connectivity index (χ2n) is 4.99. The van der Waals surface area contributed by atoms with Crippen molar-refractivity contribution in [1.82, 2.24) is 15.3 Å². The topological polar surface area (TPSA) is 40.7 Å². The highest BCUT2D eigenvalue weighted by Crippen LogP contribution is 2.18. The summed E-state index contributed by atoms with van der Waals surface area (Å²) < 4.78 is 0.